The molecule has 0 unspecified atom stereocenters. The molecule has 1 aliphatic carbocycles. The quantitative estimate of drug-likeness (QED) is 0.198. The summed E-state index contributed by atoms with van der Waals surface area (Å²) in [7, 11) is 0. The molecular formula is C27H25N5OS3. The smallest absolute Gasteiger partial charge is 0.230 e. The maximum atomic E-state index is 12.6. The maximum Gasteiger partial charge on any atom is 0.230 e. The van der Waals surface area contributed by atoms with Crippen LogP contribution in [0, 0.1) is 0 Å². The van der Waals surface area contributed by atoms with Crippen molar-refractivity contribution < 1.29 is 4.79 Å². The molecule has 9 heteroatoms. The Bertz CT molecular complexity index is 1510. The molecule has 0 spiro atoms. The number of thiophene rings is 1. The Balaban J connectivity index is 1.23. The van der Waals surface area contributed by atoms with Crippen molar-refractivity contribution in [2.45, 2.75) is 41.7 Å². The lowest BCUT2D eigenvalue weighted by Crippen LogP contribution is -2.27. The summed E-state index contributed by atoms with van der Waals surface area (Å²) in [5.41, 5.74) is 4.70. The topological polar surface area (TPSA) is 72.2 Å². The van der Waals surface area contributed by atoms with E-state index < -0.39 is 0 Å². The van der Waals surface area contributed by atoms with E-state index in [9.17, 15) is 4.79 Å². The minimum atomic E-state index is -0.00312. The molecular weight excluding hydrogens is 507 g/mol. The lowest BCUT2D eigenvalue weighted by molar-refractivity contribution is -0.118. The molecule has 36 heavy (non-hydrogen) atoms. The van der Waals surface area contributed by atoms with Crippen LogP contribution >= 0.6 is 34.9 Å². The van der Waals surface area contributed by atoms with E-state index in [4.69, 9.17) is 4.98 Å². The molecule has 0 fully saturated rings. The summed E-state index contributed by atoms with van der Waals surface area (Å²) < 4.78 is 2.06. The monoisotopic (exact) mass is 531 g/mol. The van der Waals surface area contributed by atoms with E-state index in [1.165, 1.54) is 39.8 Å². The molecule has 0 aliphatic heterocycles. The van der Waals surface area contributed by atoms with Gasteiger partial charge < -0.3 is 5.32 Å². The third-order valence-corrected chi connectivity index (χ3v) is 9.39. The summed E-state index contributed by atoms with van der Waals surface area (Å²) in [5.74, 6) is 1.09. The summed E-state index contributed by atoms with van der Waals surface area (Å²) in [5, 5.41) is 14.9. The van der Waals surface area contributed by atoms with Crippen LogP contribution in [-0.4, -0.2) is 37.8 Å². The highest BCUT2D eigenvalue weighted by molar-refractivity contribution is 8.00. The average molecular weight is 532 g/mol. The number of amides is 1. The highest BCUT2D eigenvalue weighted by atomic mass is 32.2. The van der Waals surface area contributed by atoms with Crippen LogP contribution in [-0.2, 0) is 29.8 Å². The van der Waals surface area contributed by atoms with Gasteiger partial charge in [0.05, 0.1) is 11.1 Å². The molecule has 5 aromatic rings. The first-order chi connectivity index (χ1) is 17.8. The third kappa shape index (κ3) is 4.87. The molecule has 0 saturated heterocycles. The molecule has 182 valence electrons. The summed E-state index contributed by atoms with van der Waals surface area (Å²) in [6.45, 7) is 0.616. The van der Waals surface area contributed by atoms with Crippen molar-refractivity contribution in [1.29, 1.82) is 0 Å². The molecule has 1 aliphatic rings. The van der Waals surface area contributed by atoms with Crippen LogP contribution in [0.1, 0.15) is 28.0 Å². The zero-order valence-corrected chi connectivity index (χ0v) is 22.1. The van der Waals surface area contributed by atoms with Gasteiger partial charge in [0.2, 0.25) is 5.91 Å². The second kappa shape index (κ2) is 10.6. The zero-order chi connectivity index (χ0) is 24.3. The van der Waals surface area contributed by atoms with Crippen molar-refractivity contribution in [2.24, 2.45) is 0 Å². The van der Waals surface area contributed by atoms with Gasteiger partial charge in [0.25, 0.3) is 0 Å². The highest BCUT2D eigenvalue weighted by Gasteiger charge is 2.25. The third-order valence-electron chi connectivity index (χ3n) is 6.27. The first kappa shape index (κ1) is 23.5. The Morgan fingerprint density at radius 2 is 1.72 bits per heavy atom. The number of benzene rings is 2. The molecule has 3 aromatic heterocycles. The standard InChI is InChI=1S/C27H25N5OS3/c33-22(28-15-14-18-8-3-1-4-9-18)17-35-27-31-30-24-23-20-12-7-13-21(20)36-25(23)29-26(32(24)27)34-16-19-10-5-2-6-11-19/h1-6,8-11H,7,12-17H2,(H,28,33). The zero-order valence-electron chi connectivity index (χ0n) is 19.6. The number of carbonyl (C=O) groups is 1. The first-order valence-corrected chi connectivity index (χ1v) is 14.8. The Morgan fingerprint density at radius 1 is 0.944 bits per heavy atom. The second-order valence-electron chi connectivity index (χ2n) is 8.72. The van der Waals surface area contributed by atoms with Crippen LogP contribution < -0.4 is 5.32 Å². The van der Waals surface area contributed by atoms with Crippen molar-refractivity contribution in [2.75, 3.05) is 12.3 Å². The number of aromatic nitrogens is 4. The van der Waals surface area contributed by atoms with E-state index in [0.717, 1.165) is 46.0 Å². The Kier molecular flexibility index (Phi) is 6.94. The van der Waals surface area contributed by atoms with Crippen molar-refractivity contribution in [3.05, 3.63) is 82.2 Å². The van der Waals surface area contributed by atoms with Crippen molar-refractivity contribution >= 4 is 56.6 Å². The van der Waals surface area contributed by atoms with Gasteiger partial charge in [0.1, 0.15) is 4.83 Å². The molecule has 3 heterocycles. The summed E-state index contributed by atoms with van der Waals surface area (Å²) in [6.07, 6.45) is 4.19. The minimum Gasteiger partial charge on any atom is -0.355 e. The predicted octanol–water partition coefficient (Wildman–Crippen LogP) is 5.57. The summed E-state index contributed by atoms with van der Waals surface area (Å²) in [4.78, 5) is 20.1. The van der Waals surface area contributed by atoms with E-state index >= 15 is 0 Å². The van der Waals surface area contributed by atoms with Gasteiger partial charge in [-0.25, -0.2) is 9.38 Å². The van der Waals surface area contributed by atoms with E-state index in [2.05, 4.69) is 56.3 Å². The fourth-order valence-corrected chi connectivity index (χ4v) is 7.61. The van der Waals surface area contributed by atoms with E-state index in [0.29, 0.717) is 11.7 Å². The van der Waals surface area contributed by atoms with E-state index in [1.807, 2.05) is 24.3 Å². The summed E-state index contributed by atoms with van der Waals surface area (Å²) in [6, 6.07) is 20.6. The Morgan fingerprint density at radius 3 is 2.53 bits per heavy atom. The normalized spacial score (nSPS) is 12.9. The van der Waals surface area contributed by atoms with Gasteiger partial charge in [-0.1, -0.05) is 84.2 Å². The van der Waals surface area contributed by atoms with Gasteiger partial charge in [-0.3, -0.25) is 4.79 Å². The number of aryl methyl sites for hydroxylation is 2. The van der Waals surface area contributed by atoms with Crippen LogP contribution in [0.3, 0.4) is 0 Å². The average Bonchev–Trinajstić information content (AvgIpc) is 3.62. The van der Waals surface area contributed by atoms with Gasteiger partial charge >= 0.3 is 0 Å². The fourth-order valence-electron chi connectivity index (χ4n) is 4.52. The lowest BCUT2D eigenvalue weighted by atomic mass is 10.1. The Hall–Kier alpha value is -2.88. The fraction of sp³-hybridized carbons (Fsp3) is 0.259. The van der Waals surface area contributed by atoms with Crippen LogP contribution in [0.15, 0.2) is 71.0 Å². The number of fused-ring (bicyclic) bond motifs is 5. The van der Waals surface area contributed by atoms with Crippen LogP contribution in [0.25, 0.3) is 15.9 Å². The number of hydrogen-bond donors (Lipinski definition) is 1. The van der Waals surface area contributed by atoms with Gasteiger partial charge in [0.15, 0.2) is 16.0 Å². The second-order valence-corrected chi connectivity index (χ2v) is 11.7. The number of nitrogens with zero attached hydrogens (tertiary/aromatic N) is 4. The summed E-state index contributed by atoms with van der Waals surface area (Å²) >= 11 is 4.90. The number of thioether (sulfide) groups is 2. The SMILES string of the molecule is O=C(CSc1nnc2c3c4c(sc3nc(SCc3ccccc3)n12)CCC4)NCCc1ccccc1. The number of carbonyl (C=O) groups excluding carboxylic acids is 1. The minimum absolute atomic E-state index is 0.00312. The Labute approximate surface area is 221 Å². The van der Waals surface area contributed by atoms with Gasteiger partial charge in [0, 0.05) is 17.2 Å². The highest BCUT2D eigenvalue weighted by Crippen LogP contribution is 2.40. The number of hydrogen-bond acceptors (Lipinski definition) is 7. The molecule has 6 nitrogen and oxygen atoms in total. The van der Waals surface area contributed by atoms with Crippen LogP contribution in [0.4, 0.5) is 0 Å². The molecule has 0 radical (unpaired) electrons. The number of nitrogens with one attached hydrogen (secondary N) is 1. The molecule has 6 rings (SSSR count). The van der Waals surface area contributed by atoms with E-state index in [-0.39, 0.29) is 11.7 Å². The van der Waals surface area contributed by atoms with Gasteiger partial charge in [-0.05, 0) is 42.4 Å². The maximum absolute atomic E-state index is 12.6. The van der Waals surface area contributed by atoms with Crippen molar-refractivity contribution in [1.82, 2.24) is 24.9 Å². The van der Waals surface area contributed by atoms with Gasteiger partial charge in [-0.2, -0.15) is 0 Å². The molecule has 1 amide bonds. The molecule has 2 aromatic carbocycles. The molecule has 0 saturated carbocycles. The van der Waals surface area contributed by atoms with Crippen LogP contribution in [0.2, 0.25) is 0 Å². The lowest BCUT2D eigenvalue weighted by Gasteiger charge is -2.09. The molecule has 0 atom stereocenters. The largest absolute Gasteiger partial charge is 0.355 e. The van der Waals surface area contributed by atoms with Gasteiger partial charge in [-0.15, -0.1) is 21.5 Å². The van der Waals surface area contributed by atoms with E-state index in [1.54, 1.807) is 23.1 Å². The predicted molar refractivity (Wildman–Crippen MR) is 148 cm³/mol. The molecule has 1 N–H and O–H groups in total. The van der Waals surface area contributed by atoms with Crippen molar-refractivity contribution in [3.8, 4) is 0 Å². The first-order valence-electron chi connectivity index (χ1n) is 12.1. The number of rotatable bonds is 9. The van der Waals surface area contributed by atoms with Crippen LogP contribution in [0.5, 0.6) is 0 Å². The van der Waals surface area contributed by atoms with Crippen molar-refractivity contribution in [3.63, 3.8) is 0 Å². The molecule has 0 bridgehead atoms.